The Kier molecular flexibility index (Phi) is 8.46. The van der Waals surface area contributed by atoms with Crippen LogP contribution in [0, 0.1) is 0 Å². The van der Waals surface area contributed by atoms with Crippen LogP contribution in [-0.4, -0.2) is 15.0 Å². The molecule has 2 aliphatic rings. The molecule has 0 atom stereocenters. The molecule has 14 rings (SSSR count). The summed E-state index contributed by atoms with van der Waals surface area (Å²) in [7, 11) is 0. The first kappa shape index (κ1) is 38.3. The number of nitrogens with zero attached hydrogens (tertiary/aromatic N) is 3. The highest BCUT2D eigenvalue weighted by Crippen LogP contribution is 2.64. The molecule has 68 heavy (non-hydrogen) atoms. The lowest BCUT2D eigenvalue weighted by Crippen LogP contribution is -2.26. The van der Waals surface area contributed by atoms with E-state index in [2.05, 4.69) is 212 Å². The quantitative estimate of drug-likeness (QED) is 0.167. The lowest BCUT2D eigenvalue weighted by atomic mass is 9.68. The van der Waals surface area contributed by atoms with Crippen molar-refractivity contribution in [1.82, 2.24) is 15.0 Å². The van der Waals surface area contributed by atoms with Crippen LogP contribution in [0.1, 0.15) is 22.3 Å². The van der Waals surface area contributed by atoms with E-state index >= 15 is 0 Å². The van der Waals surface area contributed by atoms with E-state index < -0.39 is 5.41 Å². The second-order valence-electron chi connectivity index (χ2n) is 17.8. The van der Waals surface area contributed by atoms with Gasteiger partial charge in [0.2, 0.25) is 0 Å². The molecular formula is C64H39N3O. The van der Waals surface area contributed by atoms with Gasteiger partial charge < -0.3 is 4.42 Å². The predicted octanol–water partition coefficient (Wildman–Crippen LogP) is 16.1. The molecule has 0 radical (unpaired) electrons. The van der Waals surface area contributed by atoms with E-state index in [0.717, 1.165) is 66.4 Å². The molecule has 0 unspecified atom stereocenters. The first-order chi connectivity index (χ1) is 33.7. The fourth-order valence-electron chi connectivity index (χ4n) is 11.2. The van der Waals surface area contributed by atoms with Gasteiger partial charge in [-0.05, 0) is 102 Å². The summed E-state index contributed by atoms with van der Waals surface area (Å²) in [5.41, 5.74) is 21.0. The number of hydrogen-bond donors (Lipinski definition) is 0. The molecule has 4 nitrogen and oxygen atoms in total. The highest BCUT2D eigenvalue weighted by molar-refractivity contribution is 6.13. The molecule has 2 heterocycles. The summed E-state index contributed by atoms with van der Waals surface area (Å²) in [4.78, 5) is 15.8. The van der Waals surface area contributed by atoms with E-state index in [-0.39, 0.29) is 0 Å². The maximum atomic E-state index is 6.71. The van der Waals surface area contributed by atoms with Gasteiger partial charge in [-0.2, -0.15) is 0 Å². The first-order valence-corrected chi connectivity index (χ1v) is 23.2. The predicted molar refractivity (Wildman–Crippen MR) is 276 cm³/mol. The third kappa shape index (κ3) is 5.71. The van der Waals surface area contributed by atoms with Crippen molar-refractivity contribution in [2.75, 3.05) is 0 Å². The summed E-state index contributed by atoms with van der Waals surface area (Å²) >= 11 is 0. The van der Waals surface area contributed by atoms with E-state index in [1.165, 1.54) is 50.1 Å². The van der Waals surface area contributed by atoms with E-state index in [1.807, 2.05) is 24.3 Å². The van der Waals surface area contributed by atoms with E-state index in [4.69, 9.17) is 19.4 Å². The van der Waals surface area contributed by atoms with Crippen molar-refractivity contribution in [1.29, 1.82) is 0 Å². The van der Waals surface area contributed by atoms with Gasteiger partial charge in [0.1, 0.15) is 11.2 Å². The minimum atomic E-state index is -0.483. The third-order valence-corrected chi connectivity index (χ3v) is 14.2. The molecule has 0 fully saturated rings. The van der Waals surface area contributed by atoms with Crippen LogP contribution in [-0.2, 0) is 5.41 Å². The van der Waals surface area contributed by atoms with Gasteiger partial charge in [-0.3, -0.25) is 0 Å². The molecule has 4 heteroatoms. The van der Waals surface area contributed by atoms with Crippen LogP contribution in [0.25, 0.3) is 112 Å². The van der Waals surface area contributed by atoms with Crippen molar-refractivity contribution in [2.24, 2.45) is 0 Å². The average Bonchev–Trinajstić information content (AvgIpc) is 4.05. The lowest BCUT2D eigenvalue weighted by Gasteiger charge is -2.32. The number of rotatable bonds is 6. The van der Waals surface area contributed by atoms with Gasteiger partial charge in [0.15, 0.2) is 17.5 Å². The molecule has 12 aromatic rings. The van der Waals surface area contributed by atoms with E-state index in [1.54, 1.807) is 0 Å². The topological polar surface area (TPSA) is 51.8 Å². The molecule has 0 aliphatic heterocycles. The molecule has 0 saturated heterocycles. The third-order valence-electron chi connectivity index (χ3n) is 14.2. The van der Waals surface area contributed by atoms with Crippen molar-refractivity contribution in [3.05, 3.63) is 259 Å². The zero-order chi connectivity index (χ0) is 44.8. The van der Waals surface area contributed by atoms with E-state index in [0.29, 0.717) is 17.5 Å². The summed E-state index contributed by atoms with van der Waals surface area (Å²) < 4.78 is 6.71. The van der Waals surface area contributed by atoms with Gasteiger partial charge >= 0.3 is 0 Å². The van der Waals surface area contributed by atoms with Crippen LogP contribution in [0.15, 0.2) is 241 Å². The fourth-order valence-corrected chi connectivity index (χ4v) is 11.2. The Balaban J connectivity index is 0.971. The molecule has 0 N–H and O–H groups in total. The SMILES string of the molecule is c1ccc(-c2ccc(-c3nc(-c4cccc(-c5ccccc5)c4)nc(-c4cccc5oc6ccc(-c7cccc8c7C7(c9ccccc9-c9ccccc97)c7ccccc7-8)cc6c45)n3)cc2)cc1. The van der Waals surface area contributed by atoms with Crippen molar-refractivity contribution >= 4 is 21.9 Å². The molecular weight excluding hydrogens is 827 g/mol. The number of aromatic nitrogens is 3. The van der Waals surface area contributed by atoms with Crippen LogP contribution in [0.4, 0.5) is 0 Å². The van der Waals surface area contributed by atoms with Gasteiger partial charge in [-0.1, -0.05) is 212 Å². The Hall–Kier alpha value is -8.99. The summed E-state index contributed by atoms with van der Waals surface area (Å²) in [6.45, 7) is 0. The molecule has 2 aromatic heterocycles. The van der Waals surface area contributed by atoms with Gasteiger partial charge in [-0.25, -0.2) is 15.0 Å². The minimum Gasteiger partial charge on any atom is -0.456 e. The second kappa shape index (κ2) is 15.0. The Labute approximate surface area is 393 Å². The highest BCUT2D eigenvalue weighted by atomic mass is 16.3. The van der Waals surface area contributed by atoms with Crippen molar-refractivity contribution in [3.63, 3.8) is 0 Å². The first-order valence-electron chi connectivity index (χ1n) is 23.2. The maximum absolute atomic E-state index is 6.71. The maximum Gasteiger partial charge on any atom is 0.164 e. The number of hydrogen-bond acceptors (Lipinski definition) is 4. The van der Waals surface area contributed by atoms with Gasteiger partial charge in [0.25, 0.3) is 0 Å². The molecule has 2 aliphatic carbocycles. The van der Waals surface area contributed by atoms with Crippen LogP contribution >= 0.6 is 0 Å². The average molecular weight is 866 g/mol. The summed E-state index contributed by atoms with van der Waals surface area (Å²) in [5, 5.41) is 1.97. The van der Waals surface area contributed by atoms with Crippen molar-refractivity contribution in [3.8, 4) is 89.8 Å². The van der Waals surface area contributed by atoms with Gasteiger partial charge in [-0.15, -0.1) is 0 Å². The second-order valence-corrected chi connectivity index (χ2v) is 17.8. The van der Waals surface area contributed by atoms with Crippen LogP contribution < -0.4 is 0 Å². The Bertz CT molecular complexity index is 3900. The Morgan fingerprint density at radius 2 is 0.735 bits per heavy atom. The highest BCUT2D eigenvalue weighted by Gasteiger charge is 2.52. The van der Waals surface area contributed by atoms with Gasteiger partial charge in [0.05, 0.1) is 5.41 Å². The normalized spacial score (nSPS) is 12.8. The molecule has 0 amide bonds. The summed E-state index contributed by atoms with van der Waals surface area (Å²) in [5.74, 6) is 1.78. The summed E-state index contributed by atoms with van der Waals surface area (Å²) in [6, 6.07) is 84.5. The Morgan fingerprint density at radius 3 is 1.43 bits per heavy atom. The van der Waals surface area contributed by atoms with Crippen LogP contribution in [0.3, 0.4) is 0 Å². The van der Waals surface area contributed by atoms with Crippen LogP contribution in [0.5, 0.6) is 0 Å². The zero-order valence-corrected chi connectivity index (χ0v) is 36.8. The molecule has 0 saturated carbocycles. The van der Waals surface area contributed by atoms with Crippen molar-refractivity contribution in [2.45, 2.75) is 5.41 Å². The standard InChI is InChI=1S/C64H39N3O/c1-3-16-40(17-4-1)42-32-34-43(35-33-42)61-65-62(46-21-13-20-44(38-46)41-18-5-2-6-19-41)67-63(66-61)52-27-15-31-58-59(52)53-39-45(36-37-57(53)68-58)47-25-14-26-51-50-24-9-12-30-56(50)64(60(47)51)54-28-10-7-22-48(54)49-23-8-11-29-55(49)64/h1-39H. The monoisotopic (exact) mass is 865 g/mol. The van der Waals surface area contributed by atoms with Crippen LogP contribution in [0.2, 0.25) is 0 Å². The van der Waals surface area contributed by atoms with Crippen molar-refractivity contribution < 1.29 is 4.42 Å². The number of fused-ring (bicyclic) bond motifs is 13. The molecule has 1 spiro atoms. The number of furan rings is 1. The van der Waals surface area contributed by atoms with Gasteiger partial charge in [0, 0.05) is 27.5 Å². The Morgan fingerprint density at radius 1 is 0.279 bits per heavy atom. The smallest absolute Gasteiger partial charge is 0.164 e. The molecule has 0 bridgehead atoms. The summed E-state index contributed by atoms with van der Waals surface area (Å²) in [6.07, 6.45) is 0. The largest absolute Gasteiger partial charge is 0.456 e. The molecule has 316 valence electrons. The zero-order valence-electron chi connectivity index (χ0n) is 36.8. The lowest BCUT2D eigenvalue weighted by molar-refractivity contribution is 0.669. The van der Waals surface area contributed by atoms with E-state index in [9.17, 15) is 0 Å². The minimum absolute atomic E-state index is 0.483. The molecule has 10 aromatic carbocycles. The number of benzene rings is 10. The fraction of sp³-hybridized carbons (Fsp3) is 0.0156.